The predicted octanol–water partition coefficient (Wildman–Crippen LogP) is 1.36. The van der Waals surface area contributed by atoms with Crippen molar-refractivity contribution in [1.29, 1.82) is 0 Å². The maximum absolute atomic E-state index is 10.8. The quantitative estimate of drug-likeness (QED) is 0.785. The molecule has 0 saturated heterocycles. The zero-order chi connectivity index (χ0) is 10.5. The molecule has 4 heteroatoms. The van der Waals surface area contributed by atoms with Gasteiger partial charge < -0.3 is 0 Å². The third kappa shape index (κ3) is 2.74. The van der Waals surface area contributed by atoms with Crippen molar-refractivity contribution in [3.05, 3.63) is 36.2 Å². The molecule has 0 fully saturated rings. The maximum Gasteiger partial charge on any atom is 0.240 e. The number of rotatable bonds is 2. The summed E-state index contributed by atoms with van der Waals surface area (Å²) in [7, 11) is 0. The van der Waals surface area contributed by atoms with Crippen LogP contribution in [0.15, 0.2) is 35.6 Å². The molecule has 76 valence electrons. The number of carbonyl (C=O) groups excluding carboxylic acids is 1. The van der Waals surface area contributed by atoms with Crippen LogP contribution in [0.25, 0.3) is 6.08 Å². The Labute approximate surface area is 87.7 Å². The molecule has 0 bridgehead atoms. The van der Waals surface area contributed by atoms with E-state index < -0.39 is 0 Å². The van der Waals surface area contributed by atoms with Gasteiger partial charge in [-0.1, -0.05) is 6.07 Å². The largest absolute Gasteiger partial charge is 0.273 e. The van der Waals surface area contributed by atoms with Gasteiger partial charge in [-0.25, -0.2) is 5.43 Å². The van der Waals surface area contributed by atoms with Crippen LogP contribution >= 0.6 is 0 Å². The standard InChI is InChI=1S/C11H11N3O/c15-11-7-6-10(13-14-11)5-4-9-3-1-2-8-12-9/h1-5,8H,6-7H2,(H,14,15). The summed E-state index contributed by atoms with van der Waals surface area (Å²) >= 11 is 0. The molecule has 0 spiro atoms. The topological polar surface area (TPSA) is 54.4 Å². The number of pyridine rings is 1. The van der Waals surface area contributed by atoms with Crippen LogP contribution in [0.4, 0.5) is 0 Å². The van der Waals surface area contributed by atoms with E-state index in [0.717, 1.165) is 11.4 Å². The Morgan fingerprint density at radius 2 is 2.20 bits per heavy atom. The van der Waals surface area contributed by atoms with E-state index in [4.69, 9.17) is 0 Å². The first-order valence-electron chi connectivity index (χ1n) is 4.79. The molecular weight excluding hydrogens is 190 g/mol. The first-order chi connectivity index (χ1) is 7.34. The van der Waals surface area contributed by atoms with Gasteiger partial charge in [-0.2, -0.15) is 5.10 Å². The van der Waals surface area contributed by atoms with Gasteiger partial charge in [-0.05, 0) is 24.3 Å². The second kappa shape index (κ2) is 4.50. The summed E-state index contributed by atoms with van der Waals surface area (Å²) in [6.45, 7) is 0. The van der Waals surface area contributed by atoms with E-state index in [1.807, 2.05) is 30.4 Å². The van der Waals surface area contributed by atoms with E-state index in [0.29, 0.717) is 12.8 Å². The fourth-order valence-corrected chi connectivity index (χ4v) is 1.26. The molecule has 15 heavy (non-hydrogen) atoms. The lowest BCUT2D eigenvalue weighted by Crippen LogP contribution is -2.24. The highest BCUT2D eigenvalue weighted by molar-refractivity contribution is 6.01. The number of aromatic nitrogens is 1. The molecule has 1 aliphatic rings. The molecule has 1 aliphatic heterocycles. The van der Waals surface area contributed by atoms with Crippen molar-refractivity contribution in [2.24, 2.45) is 5.10 Å². The van der Waals surface area contributed by atoms with Crippen molar-refractivity contribution >= 4 is 17.7 Å². The van der Waals surface area contributed by atoms with E-state index in [2.05, 4.69) is 15.5 Å². The van der Waals surface area contributed by atoms with Crippen LogP contribution in [0.2, 0.25) is 0 Å². The van der Waals surface area contributed by atoms with Gasteiger partial charge in [-0.3, -0.25) is 9.78 Å². The Bertz CT molecular complexity index is 409. The molecule has 0 aliphatic carbocycles. The SMILES string of the molecule is O=C1CCC(C=Cc2ccccn2)=NN1. The average Bonchev–Trinajstić information content (AvgIpc) is 2.30. The molecule has 2 heterocycles. The Morgan fingerprint density at radius 1 is 1.27 bits per heavy atom. The van der Waals surface area contributed by atoms with Crippen LogP contribution in [0.3, 0.4) is 0 Å². The Hall–Kier alpha value is -1.97. The Kier molecular flexibility index (Phi) is 2.88. The number of allylic oxidation sites excluding steroid dienone is 1. The van der Waals surface area contributed by atoms with E-state index >= 15 is 0 Å². The molecule has 1 amide bonds. The molecule has 0 aromatic carbocycles. The summed E-state index contributed by atoms with van der Waals surface area (Å²) in [5, 5.41) is 3.93. The van der Waals surface area contributed by atoms with Gasteiger partial charge in [0.15, 0.2) is 0 Å². The van der Waals surface area contributed by atoms with Crippen LogP contribution in [0.1, 0.15) is 18.5 Å². The first-order valence-corrected chi connectivity index (χ1v) is 4.79. The summed E-state index contributed by atoms with van der Waals surface area (Å²) in [5.41, 5.74) is 4.21. The molecular formula is C11H11N3O. The third-order valence-corrected chi connectivity index (χ3v) is 2.07. The average molecular weight is 201 g/mol. The smallest absolute Gasteiger partial charge is 0.240 e. The molecule has 0 radical (unpaired) electrons. The van der Waals surface area contributed by atoms with Gasteiger partial charge in [0.1, 0.15) is 0 Å². The summed E-state index contributed by atoms with van der Waals surface area (Å²) in [4.78, 5) is 15.0. The number of hydrogen-bond acceptors (Lipinski definition) is 3. The van der Waals surface area contributed by atoms with Crippen molar-refractivity contribution in [3.8, 4) is 0 Å². The molecule has 0 atom stereocenters. The Balaban J connectivity index is 2.03. The first kappa shape index (κ1) is 9.58. The van der Waals surface area contributed by atoms with Crippen LogP contribution in [-0.2, 0) is 4.79 Å². The highest BCUT2D eigenvalue weighted by atomic mass is 16.2. The second-order valence-electron chi connectivity index (χ2n) is 3.23. The predicted molar refractivity (Wildman–Crippen MR) is 58.1 cm³/mol. The van der Waals surface area contributed by atoms with Crippen molar-refractivity contribution in [1.82, 2.24) is 10.4 Å². The van der Waals surface area contributed by atoms with Crippen LogP contribution in [-0.4, -0.2) is 16.6 Å². The summed E-state index contributed by atoms with van der Waals surface area (Å²) in [5.74, 6) is -0.0232. The van der Waals surface area contributed by atoms with Crippen LogP contribution < -0.4 is 5.43 Å². The molecule has 1 aromatic heterocycles. The minimum absolute atomic E-state index is 0.0232. The molecule has 2 rings (SSSR count). The van der Waals surface area contributed by atoms with Crippen LogP contribution in [0, 0.1) is 0 Å². The fourth-order valence-electron chi connectivity index (χ4n) is 1.26. The monoisotopic (exact) mass is 201 g/mol. The number of hydrogen-bond donors (Lipinski definition) is 1. The van der Waals surface area contributed by atoms with Gasteiger partial charge in [-0.15, -0.1) is 0 Å². The van der Waals surface area contributed by atoms with E-state index in [-0.39, 0.29) is 5.91 Å². The van der Waals surface area contributed by atoms with Crippen molar-refractivity contribution < 1.29 is 4.79 Å². The summed E-state index contributed by atoms with van der Waals surface area (Å²) in [6.07, 6.45) is 6.70. The highest BCUT2D eigenvalue weighted by Gasteiger charge is 2.08. The molecule has 0 unspecified atom stereocenters. The maximum atomic E-state index is 10.8. The van der Waals surface area contributed by atoms with E-state index in [9.17, 15) is 4.79 Å². The zero-order valence-corrected chi connectivity index (χ0v) is 8.18. The van der Waals surface area contributed by atoms with Crippen molar-refractivity contribution in [2.75, 3.05) is 0 Å². The fraction of sp³-hybridized carbons (Fsp3) is 0.182. The minimum atomic E-state index is -0.0232. The van der Waals surface area contributed by atoms with Crippen LogP contribution in [0.5, 0.6) is 0 Å². The van der Waals surface area contributed by atoms with Gasteiger partial charge in [0.2, 0.25) is 5.91 Å². The zero-order valence-electron chi connectivity index (χ0n) is 8.18. The van der Waals surface area contributed by atoms with Gasteiger partial charge in [0.05, 0.1) is 11.4 Å². The lowest BCUT2D eigenvalue weighted by Gasteiger charge is -2.07. The molecule has 1 N–H and O–H groups in total. The van der Waals surface area contributed by atoms with Gasteiger partial charge in [0.25, 0.3) is 0 Å². The lowest BCUT2D eigenvalue weighted by atomic mass is 10.1. The Morgan fingerprint density at radius 3 is 2.87 bits per heavy atom. The lowest BCUT2D eigenvalue weighted by molar-refractivity contribution is -0.121. The van der Waals surface area contributed by atoms with Gasteiger partial charge in [0, 0.05) is 19.0 Å². The number of nitrogens with zero attached hydrogens (tertiary/aromatic N) is 2. The minimum Gasteiger partial charge on any atom is -0.273 e. The van der Waals surface area contributed by atoms with E-state index in [1.54, 1.807) is 6.20 Å². The summed E-state index contributed by atoms with van der Waals surface area (Å²) < 4.78 is 0. The second-order valence-corrected chi connectivity index (χ2v) is 3.23. The number of carbonyl (C=O) groups is 1. The third-order valence-electron chi connectivity index (χ3n) is 2.07. The number of amides is 1. The number of nitrogens with one attached hydrogen (secondary N) is 1. The number of hydrazone groups is 1. The molecule has 0 saturated carbocycles. The van der Waals surface area contributed by atoms with Crippen molar-refractivity contribution in [3.63, 3.8) is 0 Å². The molecule has 4 nitrogen and oxygen atoms in total. The normalized spacial score (nSPS) is 16.3. The van der Waals surface area contributed by atoms with Gasteiger partial charge >= 0.3 is 0 Å². The molecule has 1 aromatic rings. The van der Waals surface area contributed by atoms with Crippen molar-refractivity contribution in [2.45, 2.75) is 12.8 Å². The highest BCUT2D eigenvalue weighted by Crippen LogP contribution is 2.03. The van der Waals surface area contributed by atoms with E-state index in [1.165, 1.54) is 0 Å². The summed E-state index contributed by atoms with van der Waals surface area (Å²) in [6, 6.07) is 5.71.